The van der Waals surface area contributed by atoms with E-state index >= 15 is 0 Å². The molecule has 206 valence electrons. The lowest BCUT2D eigenvalue weighted by atomic mass is 10.0. The summed E-state index contributed by atoms with van der Waals surface area (Å²) in [7, 11) is 2.15. The van der Waals surface area contributed by atoms with Gasteiger partial charge in [0.2, 0.25) is 11.8 Å². The number of aromatic nitrogens is 1. The van der Waals surface area contributed by atoms with Crippen LogP contribution in [0.4, 0.5) is 11.5 Å². The van der Waals surface area contributed by atoms with Crippen LogP contribution >= 0.6 is 0 Å². The highest BCUT2D eigenvalue weighted by Crippen LogP contribution is 2.26. The van der Waals surface area contributed by atoms with Gasteiger partial charge in [-0.15, -0.1) is 0 Å². The molecule has 0 bridgehead atoms. The monoisotopic (exact) mass is 528 g/mol. The number of rotatable bonds is 8. The largest absolute Gasteiger partial charge is 0.354 e. The first kappa shape index (κ1) is 27.1. The number of hydrogen-bond acceptors (Lipinski definition) is 6. The Hall–Kier alpha value is -3.49. The van der Waals surface area contributed by atoms with Crippen molar-refractivity contribution in [1.82, 2.24) is 20.1 Å². The highest BCUT2D eigenvalue weighted by molar-refractivity contribution is 5.96. The van der Waals surface area contributed by atoms with E-state index in [1.807, 2.05) is 24.3 Å². The van der Waals surface area contributed by atoms with Crippen molar-refractivity contribution in [1.29, 1.82) is 0 Å². The number of nitrogens with one attached hydrogen (secondary N) is 2. The van der Waals surface area contributed by atoms with Gasteiger partial charge in [0.15, 0.2) is 0 Å². The SMILES string of the molecule is Cc1cc(N2CCN(C)CC2)nc2ccc(NC(=O)CCC(=O)NC3CCN(Cc4ccccc4)CC3)cc12. The summed E-state index contributed by atoms with van der Waals surface area (Å²) < 4.78 is 0. The second-order valence-corrected chi connectivity index (χ2v) is 11.0. The topological polar surface area (TPSA) is 80.8 Å². The lowest BCUT2D eigenvalue weighted by Gasteiger charge is -2.33. The first-order chi connectivity index (χ1) is 18.9. The van der Waals surface area contributed by atoms with E-state index in [2.05, 4.69) is 69.6 Å². The minimum Gasteiger partial charge on any atom is -0.354 e. The number of piperidine rings is 1. The van der Waals surface area contributed by atoms with Gasteiger partial charge in [0, 0.05) is 75.8 Å². The van der Waals surface area contributed by atoms with Crippen LogP contribution in [-0.2, 0) is 16.1 Å². The Kier molecular flexibility index (Phi) is 8.74. The second kappa shape index (κ2) is 12.6. The Bertz CT molecular complexity index is 1280. The van der Waals surface area contributed by atoms with Gasteiger partial charge in [0.1, 0.15) is 5.82 Å². The number of piperazine rings is 1. The molecule has 0 spiro atoms. The van der Waals surface area contributed by atoms with Crippen molar-refractivity contribution >= 4 is 34.2 Å². The number of anilines is 2. The molecule has 0 aliphatic carbocycles. The second-order valence-electron chi connectivity index (χ2n) is 11.0. The maximum absolute atomic E-state index is 12.6. The fourth-order valence-corrected chi connectivity index (χ4v) is 5.48. The molecule has 3 aromatic rings. The van der Waals surface area contributed by atoms with Crippen molar-refractivity contribution in [2.24, 2.45) is 0 Å². The average molecular weight is 529 g/mol. The molecule has 2 fully saturated rings. The first-order valence-electron chi connectivity index (χ1n) is 14.1. The van der Waals surface area contributed by atoms with E-state index in [0.29, 0.717) is 0 Å². The molecule has 0 radical (unpaired) electrons. The molecular formula is C31H40N6O2. The highest BCUT2D eigenvalue weighted by atomic mass is 16.2. The number of amides is 2. The normalized spacial score (nSPS) is 17.3. The van der Waals surface area contributed by atoms with E-state index in [9.17, 15) is 9.59 Å². The maximum atomic E-state index is 12.6. The fourth-order valence-electron chi connectivity index (χ4n) is 5.48. The first-order valence-corrected chi connectivity index (χ1v) is 14.1. The van der Waals surface area contributed by atoms with Gasteiger partial charge in [-0.1, -0.05) is 30.3 Å². The molecule has 2 aliphatic heterocycles. The number of carbonyl (C=O) groups is 2. The Labute approximate surface area is 231 Å². The molecule has 39 heavy (non-hydrogen) atoms. The Morgan fingerprint density at radius 2 is 1.62 bits per heavy atom. The Morgan fingerprint density at radius 1 is 0.897 bits per heavy atom. The number of aryl methyl sites for hydroxylation is 1. The maximum Gasteiger partial charge on any atom is 0.224 e. The van der Waals surface area contributed by atoms with Crippen molar-refractivity contribution in [2.45, 2.75) is 45.2 Å². The molecule has 0 saturated carbocycles. The lowest BCUT2D eigenvalue weighted by molar-refractivity contribution is -0.125. The van der Waals surface area contributed by atoms with Crippen molar-refractivity contribution in [3.63, 3.8) is 0 Å². The van der Waals surface area contributed by atoms with Gasteiger partial charge in [0.05, 0.1) is 5.52 Å². The van der Waals surface area contributed by atoms with Crippen LogP contribution in [0.1, 0.15) is 36.8 Å². The smallest absolute Gasteiger partial charge is 0.224 e. The predicted molar refractivity (Wildman–Crippen MR) is 157 cm³/mol. The van der Waals surface area contributed by atoms with Gasteiger partial charge in [0.25, 0.3) is 0 Å². The number of pyridine rings is 1. The number of nitrogens with zero attached hydrogens (tertiary/aromatic N) is 4. The number of carbonyl (C=O) groups excluding carboxylic acids is 2. The summed E-state index contributed by atoms with van der Waals surface area (Å²) in [5, 5.41) is 7.12. The summed E-state index contributed by atoms with van der Waals surface area (Å²) in [5.41, 5.74) is 4.12. The number of fused-ring (bicyclic) bond motifs is 1. The summed E-state index contributed by atoms with van der Waals surface area (Å²) in [5.74, 6) is 0.807. The number of likely N-dealkylation sites (N-methyl/N-ethyl adjacent to an activating group) is 1. The van der Waals surface area contributed by atoms with E-state index in [1.54, 1.807) is 0 Å². The van der Waals surface area contributed by atoms with Gasteiger partial charge in [-0.3, -0.25) is 14.5 Å². The Morgan fingerprint density at radius 3 is 2.36 bits per heavy atom. The summed E-state index contributed by atoms with van der Waals surface area (Å²) in [6.07, 6.45) is 2.23. The fraction of sp³-hybridized carbons (Fsp3) is 0.452. The molecule has 2 aromatic carbocycles. The molecule has 2 amide bonds. The van der Waals surface area contributed by atoms with Crippen LogP contribution in [0.5, 0.6) is 0 Å². The zero-order chi connectivity index (χ0) is 27.2. The van der Waals surface area contributed by atoms with Gasteiger partial charge >= 0.3 is 0 Å². The minimum absolute atomic E-state index is 0.0540. The number of hydrogen-bond donors (Lipinski definition) is 2. The zero-order valence-corrected chi connectivity index (χ0v) is 23.2. The summed E-state index contributed by atoms with van der Waals surface area (Å²) in [6.45, 7) is 8.99. The third-order valence-corrected chi connectivity index (χ3v) is 7.89. The van der Waals surface area contributed by atoms with Crippen LogP contribution in [0, 0.1) is 6.92 Å². The van der Waals surface area contributed by atoms with Gasteiger partial charge in [-0.25, -0.2) is 4.98 Å². The molecule has 3 heterocycles. The molecule has 8 heteroatoms. The summed E-state index contributed by atoms with van der Waals surface area (Å²) in [6, 6.07) is 18.6. The van der Waals surface area contributed by atoms with Gasteiger partial charge < -0.3 is 20.4 Å². The molecule has 0 atom stereocenters. The lowest BCUT2D eigenvalue weighted by Crippen LogP contribution is -2.44. The third kappa shape index (κ3) is 7.34. The predicted octanol–water partition coefficient (Wildman–Crippen LogP) is 3.79. The minimum atomic E-state index is -0.151. The molecule has 2 aliphatic rings. The highest BCUT2D eigenvalue weighted by Gasteiger charge is 2.21. The Balaban J connectivity index is 1.07. The number of likely N-dealkylation sites (tertiary alicyclic amines) is 1. The van der Waals surface area contributed by atoms with Crippen LogP contribution in [0.15, 0.2) is 54.6 Å². The number of benzene rings is 2. The average Bonchev–Trinajstić information content (AvgIpc) is 2.94. The van der Waals surface area contributed by atoms with Crippen LogP contribution in [0.25, 0.3) is 10.9 Å². The molecule has 2 saturated heterocycles. The van der Waals surface area contributed by atoms with Crippen LogP contribution in [-0.4, -0.2) is 79.0 Å². The molecule has 5 rings (SSSR count). The van der Waals surface area contributed by atoms with E-state index in [1.165, 1.54) is 5.56 Å². The van der Waals surface area contributed by atoms with Crippen molar-refractivity contribution in [3.8, 4) is 0 Å². The van der Waals surface area contributed by atoms with Crippen molar-refractivity contribution in [2.75, 3.05) is 56.5 Å². The van der Waals surface area contributed by atoms with Crippen LogP contribution in [0.2, 0.25) is 0 Å². The van der Waals surface area contributed by atoms with E-state index in [-0.39, 0.29) is 30.7 Å². The standard InChI is InChI=1S/C31H40N6O2/c1-23-20-29(37-18-16-35(2)17-19-37)34-28-9-8-26(21-27(23)28)33-31(39)11-10-30(38)32-25-12-14-36(15-13-25)22-24-6-4-3-5-7-24/h3-9,20-21,25H,10-19,22H2,1-2H3,(H,32,38)(H,33,39). The zero-order valence-electron chi connectivity index (χ0n) is 23.2. The van der Waals surface area contributed by atoms with Gasteiger partial charge in [-0.2, -0.15) is 0 Å². The van der Waals surface area contributed by atoms with Crippen LogP contribution < -0.4 is 15.5 Å². The summed E-state index contributed by atoms with van der Waals surface area (Å²) >= 11 is 0. The molecule has 2 N–H and O–H groups in total. The molecule has 1 aromatic heterocycles. The van der Waals surface area contributed by atoms with E-state index in [0.717, 1.165) is 86.6 Å². The van der Waals surface area contributed by atoms with Crippen molar-refractivity contribution in [3.05, 3.63) is 65.7 Å². The van der Waals surface area contributed by atoms with E-state index < -0.39 is 0 Å². The van der Waals surface area contributed by atoms with Crippen molar-refractivity contribution < 1.29 is 9.59 Å². The third-order valence-electron chi connectivity index (χ3n) is 7.89. The van der Waals surface area contributed by atoms with Crippen LogP contribution in [0.3, 0.4) is 0 Å². The quantitative estimate of drug-likeness (QED) is 0.463. The molecular weight excluding hydrogens is 488 g/mol. The molecule has 0 unspecified atom stereocenters. The van der Waals surface area contributed by atoms with E-state index in [4.69, 9.17) is 4.98 Å². The molecule has 8 nitrogen and oxygen atoms in total. The van der Waals surface area contributed by atoms with Gasteiger partial charge in [-0.05, 0) is 62.2 Å². The summed E-state index contributed by atoms with van der Waals surface area (Å²) in [4.78, 5) is 37.1.